The maximum Gasteiger partial charge on any atom is 0.0700 e. The van der Waals surface area contributed by atoms with E-state index in [1.54, 1.807) is 47.0 Å². The zero-order valence-corrected chi connectivity index (χ0v) is 9.92. The van der Waals surface area contributed by atoms with E-state index in [1.165, 1.54) is 13.4 Å². The van der Waals surface area contributed by atoms with E-state index in [0.717, 1.165) is 0 Å². The molecule has 0 spiro atoms. The molecule has 0 radical (unpaired) electrons. The lowest BCUT2D eigenvalue weighted by Gasteiger charge is -1.98. The maximum absolute atomic E-state index is 3.56. The fourth-order valence-corrected chi connectivity index (χ4v) is 5.17. The molecule has 0 saturated carbocycles. The van der Waals surface area contributed by atoms with Crippen LogP contribution in [0.4, 0.5) is 0 Å². The van der Waals surface area contributed by atoms with Gasteiger partial charge in [0, 0.05) is 4.91 Å². The monoisotopic (exact) mass is 242 g/mol. The molecule has 0 unspecified atom stereocenters. The summed E-state index contributed by atoms with van der Waals surface area (Å²) in [5, 5.41) is 6.38. The summed E-state index contributed by atoms with van der Waals surface area (Å²) in [6, 6.07) is 0. The van der Waals surface area contributed by atoms with Crippen LogP contribution in [0.15, 0.2) is 48.0 Å². The SMILES string of the molecule is C=C=CC1=CSC(=C2SC=CS2)S1. The highest BCUT2D eigenvalue weighted by Crippen LogP contribution is 2.53. The predicted molar refractivity (Wildman–Crippen MR) is 68.3 cm³/mol. The molecule has 0 aromatic carbocycles. The molecule has 0 N–H and O–H groups in total. The van der Waals surface area contributed by atoms with Crippen molar-refractivity contribution in [2.75, 3.05) is 0 Å². The summed E-state index contributed by atoms with van der Waals surface area (Å²) in [7, 11) is 0. The molecule has 2 aliphatic rings. The second-order valence-corrected chi connectivity index (χ2v) is 6.48. The molecule has 2 rings (SSSR count). The van der Waals surface area contributed by atoms with Gasteiger partial charge in [0.1, 0.15) is 0 Å². The van der Waals surface area contributed by atoms with E-state index in [0.29, 0.717) is 0 Å². The average Bonchev–Trinajstić information content (AvgIpc) is 2.70. The highest BCUT2D eigenvalue weighted by molar-refractivity contribution is 8.33. The lowest BCUT2D eigenvalue weighted by atomic mass is 10.6. The first-order valence-corrected chi connectivity index (χ1v) is 6.99. The van der Waals surface area contributed by atoms with E-state index in [1.807, 2.05) is 6.08 Å². The van der Waals surface area contributed by atoms with Gasteiger partial charge in [-0.15, -0.1) is 5.73 Å². The molecule has 0 bridgehead atoms. The molecule has 0 amide bonds. The number of rotatable bonds is 1. The fourth-order valence-electron chi connectivity index (χ4n) is 0.824. The van der Waals surface area contributed by atoms with Crippen molar-refractivity contribution in [3.8, 4) is 0 Å². The van der Waals surface area contributed by atoms with Crippen LogP contribution in [0.2, 0.25) is 0 Å². The van der Waals surface area contributed by atoms with E-state index in [9.17, 15) is 0 Å². The quantitative estimate of drug-likeness (QED) is 0.609. The molecule has 0 fully saturated rings. The van der Waals surface area contributed by atoms with Crippen molar-refractivity contribution in [1.29, 1.82) is 0 Å². The largest absolute Gasteiger partial charge is 0.127 e. The van der Waals surface area contributed by atoms with Gasteiger partial charge in [-0.3, -0.25) is 0 Å². The summed E-state index contributed by atoms with van der Waals surface area (Å²) in [5.41, 5.74) is 2.79. The molecule has 0 aromatic rings. The molecule has 0 saturated heterocycles. The molecule has 0 aliphatic carbocycles. The summed E-state index contributed by atoms with van der Waals surface area (Å²) >= 11 is 7.18. The fraction of sp³-hybridized carbons (Fsp3) is 0. The molecule has 0 aromatic heterocycles. The van der Waals surface area contributed by atoms with E-state index >= 15 is 0 Å². The van der Waals surface area contributed by atoms with Crippen molar-refractivity contribution in [3.63, 3.8) is 0 Å². The first-order chi connectivity index (χ1) is 6.40. The minimum absolute atomic E-state index is 1.23. The first-order valence-electron chi connectivity index (χ1n) is 3.53. The molecule has 2 aliphatic heterocycles. The van der Waals surface area contributed by atoms with Gasteiger partial charge in [-0.2, -0.15) is 0 Å². The Labute approximate surface area is 94.7 Å². The highest BCUT2D eigenvalue weighted by atomic mass is 32.2. The van der Waals surface area contributed by atoms with Crippen molar-refractivity contribution in [2.24, 2.45) is 0 Å². The number of hydrogen-bond acceptors (Lipinski definition) is 4. The van der Waals surface area contributed by atoms with Gasteiger partial charge in [-0.25, -0.2) is 0 Å². The third kappa shape index (κ3) is 2.33. The molecule has 2 heterocycles. The summed E-state index contributed by atoms with van der Waals surface area (Å²) in [6.07, 6.45) is 1.92. The van der Waals surface area contributed by atoms with Crippen LogP contribution in [-0.4, -0.2) is 0 Å². The third-order valence-corrected chi connectivity index (χ3v) is 6.30. The summed E-state index contributed by atoms with van der Waals surface area (Å²) in [6.45, 7) is 3.56. The molecular weight excluding hydrogens is 236 g/mol. The van der Waals surface area contributed by atoms with E-state index in [-0.39, 0.29) is 0 Å². The van der Waals surface area contributed by atoms with Gasteiger partial charge in [0.2, 0.25) is 0 Å². The van der Waals surface area contributed by atoms with E-state index in [2.05, 4.69) is 28.5 Å². The van der Waals surface area contributed by atoms with Crippen LogP contribution < -0.4 is 0 Å². The minimum atomic E-state index is 1.23. The van der Waals surface area contributed by atoms with Crippen molar-refractivity contribution in [3.05, 3.63) is 48.0 Å². The highest BCUT2D eigenvalue weighted by Gasteiger charge is 2.16. The van der Waals surface area contributed by atoms with Gasteiger partial charge in [0.25, 0.3) is 0 Å². The Kier molecular flexibility index (Phi) is 3.41. The Bertz CT molecular complexity index is 346. The number of thioether (sulfide) groups is 4. The molecule has 66 valence electrons. The zero-order valence-electron chi connectivity index (χ0n) is 6.65. The number of hydrogen-bond donors (Lipinski definition) is 0. The normalized spacial score (nSPS) is 20.5. The van der Waals surface area contributed by atoms with Crippen molar-refractivity contribution < 1.29 is 0 Å². The van der Waals surface area contributed by atoms with Gasteiger partial charge in [0.15, 0.2) is 0 Å². The lowest BCUT2D eigenvalue weighted by Crippen LogP contribution is -1.65. The van der Waals surface area contributed by atoms with Crippen LogP contribution in [0.1, 0.15) is 0 Å². The first kappa shape index (κ1) is 9.69. The van der Waals surface area contributed by atoms with Gasteiger partial charge in [-0.05, 0) is 22.3 Å². The molecule has 0 atom stereocenters. The van der Waals surface area contributed by atoms with Gasteiger partial charge in [0.05, 0.1) is 8.47 Å². The Morgan fingerprint density at radius 2 is 1.92 bits per heavy atom. The van der Waals surface area contributed by atoms with Crippen LogP contribution in [0.3, 0.4) is 0 Å². The van der Waals surface area contributed by atoms with Crippen LogP contribution in [-0.2, 0) is 0 Å². The van der Waals surface area contributed by atoms with Gasteiger partial charge in [-0.1, -0.05) is 53.6 Å². The smallest absolute Gasteiger partial charge is 0.0700 e. The Morgan fingerprint density at radius 1 is 1.15 bits per heavy atom. The molecule has 4 heteroatoms. The third-order valence-electron chi connectivity index (χ3n) is 1.31. The Morgan fingerprint density at radius 3 is 2.62 bits per heavy atom. The summed E-state index contributed by atoms with van der Waals surface area (Å²) in [5.74, 6) is 0. The summed E-state index contributed by atoms with van der Waals surface area (Å²) < 4.78 is 2.76. The Balaban J connectivity index is 2.09. The van der Waals surface area contributed by atoms with Crippen LogP contribution in [0, 0.1) is 0 Å². The minimum Gasteiger partial charge on any atom is -0.127 e. The predicted octanol–water partition coefficient (Wildman–Crippen LogP) is 4.73. The molecular formula is C9H6S4. The molecule has 0 nitrogen and oxygen atoms in total. The second kappa shape index (κ2) is 4.58. The molecule has 13 heavy (non-hydrogen) atoms. The maximum atomic E-state index is 3.56. The average molecular weight is 242 g/mol. The van der Waals surface area contributed by atoms with Crippen molar-refractivity contribution in [1.82, 2.24) is 0 Å². The second-order valence-electron chi connectivity index (χ2n) is 2.17. The zero-order chi connectivity index (χ0) is 9.10. The topological polar surface area (TPSA) is 0 Å². The Hall–Kier alpha value is 0.140. The van der Waals surface area contributed by atoms with Crippen LogP contribution in [0.25, 0.3) is 0 Å². The lowest BCUT2D eigenvalue weighted by molar-refractivity contribution is 2.01. The number of allylic oxidation sites excluding steroid dienone is 1. The standard InChI is InChI=1S/C9H6S4/c1-2-3-7-6-12-9(13-7)8-10-4-5-11-8/h3-6H,1H2. The van der Waals surface area contributed by atoms with Crippen molar-refractivity contribution in [2.45, 2.75) is 0 Å². The van der Waals surface area contributed by atoms with Gasteiger partial charge < -0.3 is 0 Å². The summed E-state index contributed by atoms with van der Waals surface area (Å²) in [4.78, 5) is 1.23. The van der Waals surface area contributed by atoms with Crippen molar-refractivity contribution >= 4 is 47.0 Å². The van der Waals surface area contributed by atoms with Crippen LogP contribution in [0.5, 0.6) is 0 Å². The van der Waals surface area contributed by atoms with Gasteiger partial charge >= 0.3 is 0 Å². The van der Waals surface area contributed by atoms with E-state index < -0.39 is 0 Å². The van der Waals surface area contributed by atoms with Crippen LogP contribution >= 0.6 is 47.0 Å². The van der Waals surface area contributed by atoms with E-state index in [4.69, 9.17) is 0 Å².